The molecule has 0 aliphatic heterocycles. The molecule has 1 fully saturated rings. The number of halogens is 2. The second kappa shape index (κ2) is 7.99. The van der Waals surface area contributed by atoms with Crippen LogP contribution in [0.25, 0.3) is 0 Å². The lowest BCUT2D eigenvalue weighted by Gasteiger charge is -2.31. The van der Waals surface area contributed by atoms with Gasteiger partial charge in [-0.2, -0.15) is 0 Å². The fourth-order valence-corrected chi connectivity index (χ4v) is 4.12. The Morgan fingerprint density at radius 3 is 2.84 bits per heavy atom. The fraction of sp³-hybridized carbons (Fsp3) is 0.625. The molecule has 0 bridgehead atoms. The molecular weight excluding hydrogens is 415 g/mol. The standard InChI is InChI=1S/C16H22BrIO/c1-2-12-6-5-7-13(10-12)19-16(11-18)14-8-3-4-9-15(14)17/h3-4,8-9,12-13,16H,2,5-7,10-11H2,1H3. The van der Waals surface area contributed by atoms with Crippen molar-refractivity contribution in [2.45, 2.75) is 51.2 Å². The van der Waals surface area contributed by atoms with Crippen molar-refractivity contribution in [3.8, 4) is 0 Å². The number of rotatable bonds is 5. The minimum absolute atomic E-state index is 0.219. The largest absolute Gasteiger partial charge is 0.369 e. The number of ether oxygens (including phenoxy) is 1. The van der Waals surface area contributed by atoms with Crippen LogP contribution in [0.1, 0.15) is 50.7 Å². The summed E-state index contributed by atoms with van der Waals surface area (Å²) in [5.74, 6) is 0.868. The highest BCUT2D eigenvalue weighted by Crippen LogP contribution is 2.34. The summed E-state index contributed by atoms with van der Waals surface area (Å²) < 4.78 is 8.58. The number of hydrogen-bond acceptors (Lipinski definition) is 1. The first-order valence-corrected chi connectivity index (χ1v) is 9.52. The van der Waals surface area contributed by atoms with Crippen LogP contribution in [-0.2, 0) is 4.74 Å². The Hall–Kier alpha value is 0.390. The Kier molecular flexibility index (Phi) is 6.63. The molecular formula is C16H22BrIO. The normalized spacial score (nSPS) is 25.2. The second-order valence-corrected chi connectivity index (χ2v) is 7.10. The Morgan fingerprint density at radius 2 is 2.16 bits per heavy atom. The summed E-state index contributed by atoms with van der Waals surface area (Å²) in [6.45, 7) is 2.30. The van der Waals surface area contributed by atoms with Gasteiger partial charge in [-0.1, -0.05) is 82.9 Å². The van der Waals surface area contributed by atoms with E-state index >= 15 is 0 Å². The average molecular weight is 437 g/mol. The molecule has 19 heavy (non-hydrogen) atoms. The van der Waals surface area contributed by atoms with Gasteiger partial charge < -0.3 is 4.74 Å². The van der Waals surface area contributed by atoms with E-state index in [-0.39, 0.29) is 6.10 Å². The lowest BCUT2D eigenvalue weighted by atomic mass is 9.85. The van der Waals surface area contributed by atoms with Gasteiger partial charge in [-0.15, -0.1) is 0 Å². The van der Waals surface area contributed by atoms with Gasteiger partial charge in [-0.3, -0.25) is 0 Å². The van der Waals surface area contributed by atoms with Crippen molar-refractivity contribution in [3.05, 3.63) is 34.3 Å². The Balaban J connectivity index is 2.01. The molecule has 0 aromatic heterocycles. The zero-order valence-corrected chi connectivity index (χ0v) is 15.2. The zero-order valence-electron chi connectivity index (χ0n) is 11.4. The summed E-state index contributed by atoms with van der Waals surface area (Å²) in [5.41, 5.74) is 1.29. The second-order valence-electron chi connectivity index (χ2n) is 5.36. The third-order valence-corrected chi connectivity index (χ3v) is 5.58. The highest BCUT2D eigenvalue weighted by atomic mass is 127. The quantitative estimate of drug-likeness (QED) is 0.411. The predicted octanol–water partition coefficient (Wildman–Crippen LogP) is 5.91. The maximum absolute atomic E-state index is 6.40. The topological polar surface area (TPSA) is 9.23 Å². The minimum atomic E-state index is 0.219. The summed E-state index contributed by atoms with van der Waals surface area (Å²) in [6, 6.07) is 8.44. The summed E-state index contributed by atoms with van der Waals surface area (Å²) in [6.07, 6.45) is 7.15. The van der Waals surface area contributed by atoms with Crippen molar-refractivity contribution in [3.63, 3.8) is 0 Å². The van der Waals surface area contributed by atoms with Crippen molar-refractivity contribution in [2.24, 2.45) is 5.92 Å². The molecule has 1 aliphatic rings. The number of benzene rings is 1. The SMILES string of the molecule is CCC1CCCC(OC(CI)c2ccccc2Br)C1. The van der Waals surface area contributed by atoms with Gasteiger partial charge in [0.05, 0.1) is 12.2 Å². The molecule has 3 unspecified atom stereocenters. The van der Waals surface area contributed by atoms with E-state index in [9.17, 15) is 0 Å². The molecule has 106 valence electrons. The van der Waals surface area contributed by atoms with Gasteiger partial charge in [0.15, 0.2) is 0 Å². The smallest absolute Gasteiger partial charge is 0.0928 e. The highest BCUT2D eigenvalue weighted by Gasteiger charge is 2.25. The maximum Gasteiger partial charge on any atom is 0.0928 e. The van der Waals surface area contributed by atoms with Gasteiger partial charge in [0.25, 0.3) is 0 Å². The lowest BCUT2D eigenvalue weighted by molar-refractivity contribution is -0.0308. The maximum atomic E-state index is 6.40. The van der Waals surface area contributed by atoms with Crippen LogP contribution in [0.2, 0.25) is 0 Å². The molecule has 1 aliphatic carbocycles. The Labute approximate surface area is 138 Å². The van der Waals surface area contributed by atoms with Crippen LogP contribution in [0.4, 0.5) is 0 Å². The van der Waals surface area contributed by atoms with E-state index in [1.54, 1.807) is 0 Å². The van der Waals surface area contributed by atoms with E-state index in [1.165, 1.54) is 42.1 Å². The summed E-state index contributed by atoms with van der Waals surface area (Å²) in [4.78, 5) is 0. The monoisotopic (exact) mass is 436 g/mol. The minimum Gasteiger partial charge on any atom is -0.369 e. The van der Waals surface area contributed by atoms with Gasteiger partial charge >= 0.3 is 0 Å². The lowest BCUT2D eigenvalue weighted by Crippen LogP contribution is -2.25. The molecule has 1 aromatic rings. The average Bonchev–Trinajstić information content (AvgIpc) is 2.46. The molecule has 0 saturated heterocycles. The molecule has 0 spiro atoms. The summed E-state index contributed by atoms with van der Waals surface area (Å²) in [7, 11) is 0. The van der Waals surface area contributed by atoms with Crippen LogP contribution in [-0.4, -0.2) is 10.5 Å². The number of alkyl halides is 1. The van der Waals surface area contributed by atoms with Crippen molar-refractivity contribution < 1.29 is 4.74 Å². The molecule has 0 amide bonds. The van der Waals surface area contributed by atoms with E-state index in [4.69, 9.17) is 4.74 Å². The van der Waals surface area contributed by atoms with Crippen LogP contribution >= 0.6 is 38.5 Å². The molecule has 2 rings (SSSR count). The van der Waals surface area contributed by atoms with Crippen molar-refractivity contribution in [1.82, 2.24) is 0 Å². The molecule has 1 aromatic carbocycles. The third kappa shape index (κ3) is 4.43. The molecule has 0 N–H and O–H groups in total. The van der Waals surface area contributed by atoms with Crippen molar-refractivity contribution in [2.75, 3.05) is 4.43 Å². The van der Waals surface area contributed by atoms with Crippen molar-refractivity contribution in [1.29, 1.82) is 0 Å². The molecule has 1 saturated carbocycles. The van der Waals surface area contributed by atoms with E-state index < -0.39 is 0 Å². The first-order chi connectivity index (χ1) is 9.24. The highest BCUT2D eigenvalue weighted by molar-refractivity contribution is 14.1. The van der Waals surface area contributed by atoms with Crippen LogP contribution in [0.15, 0.2) is 28.7 Å². The van der Waals surface area contributed by atoms with Gasteiger partial charge in [-0.25, -0.2) is 0 Å². The molecule has 3 heteroatoms. The van der Waals surface area contributed by atoms with Crippen LogP contribution in [0.3, 0.4) is 0 Å². The first kappa shape index (κ1) is 15.8. The molecule has 1 nitrogen and oxygen atoms in total. The van der Waals surface area contributed by atoms with E-state index in [0.29, 0.717) is 6.10 Å². The molecule has 0 heterocycles. The Bertz CT molecular complexity index is 396. The number of hydrogen-bond donors (Lipinski definition) is 0. The van der Waals surface area contributed by atoms with Crippen molar-refractivity contribution >= 4 is 38.5 Å². The third-order valence-electron chi connectivity index (χ3n) is 4.06. The van der Waals surface area contributed by atoms with Gasteiger partial charge in [0.1, 0.15) is 0 Å². The molecule has 3 atom stereocenters. The summed E-state index contributed by atoms with van der Waals surface area (Å²) in [5, 5.41) is 0. The first-order valence-electron chi connectivity index (χ1n) is 7.20. The van der Waals surface area contributed by atoms with E-state index in [1.807, 2.05) is 0 Å². The van der Waals surface area contributed by atoms with Crippen LogP contribution in [0, 0.1) is 5.92 Å². The summed E-state index contributed by atoms with van der Waals surface area (Å²) >= 11 is 6.08. The molecule has 0 radical (unpaired) electrons. The van der Waals surface area contributed by atoms with Gasteiger partial charge in [-0.05, 0) is 30.4 Å². The van der Waals surface area contributed by atoms with E-state index in [2.05, 4.69) is 69.7 Å². The predicted molar refractivity (Wildman–Crippen MR) is 92.9 cm³/mol. The zero-order chi connectivity index (χ0) is 13.7. The van der Waals surface area contributed by atoms with Gasteiger partial charge in [0.2, 0.25) is 0 Å². The van der Waals surface area contributed by atoms with Crippen LogP contribution in [0.5, 0.6) is 0 Å². The fourth-order valence-electron chi connectivity index (χ4n) is 2.90. The van der Waals surface area contributed by atoms with Crippen LogP contribution < -0.4 is 0 Å². The Morgan fingerprint density at radius 1 is 1.37 bits per heavy atom. The van der Waals surface area contributed by atoms with Gasteiger partial charge in [0, 0.05) is 8.90 Å². The van der Waals surface area contributed by atoms with E-state index in [0.717, 1.165) is 10.3 Å².